The maximum atomic E-state index is 5.50. The van der Waals surface area contributed by atoms with Crippen LogP contribution in [0.15, 0.2) is 6.33 Å². The van der Waals surface area contributed by atoms with E-state index >= 15 is 0 Å². The lowest BCUT2D eigenvalue weighted by Crippen LogP contribution is -2.40. The summed E-state index contributed by atoms with van der Waals surface area (Å²) >= 11 is 0. The molecule has 0 aliphatic carbocycles. The largest absolute Gasteiger partial charge is 0.378 e. The quantitative estimate of drug-likeness (QED) is 0.756. The average molecular weight is 335 g/mol. The molecule has 3 rings (SSSR count). The molecule has 0 saturated carbocycles. The van der Waals surface area contributed by atoms with E-state index in [2.05, 4.69) is 38.8 Å². The first-order valence-electron chi connectivity index (χ1n) is 8.89. The molecule has 3 heterocycles. The van der Waals surface area contributed by atoms with Crippen LogP contribution in [-0.2, 0) is 15.9 Å². The molecule has 0 bridgehead atoms. The molecule has 0 aromatic carbocycles. The molecule has 2 aliphatic rings. The highest BCUT2D eigenvalue weighted by atomic mass is 16.5. The lowest BCUT2D eigenvalue weighted by atomic mass is 10.1. The number of hydrogen-bond donors (Lipinski definition) is 0. The minimum Gasteiger partial charge on any atom is -0.378 e. The summed E-state index contributed by atoms with van der Waals surface area (Å²) in [6, 6.07) is 0. The molecular weight excluding hydrogens is 306 g/mol. The number of rotatable bonds is 6. The van der Waals surface area contributed by atoms with Gasteiger partial charge >= 0.3 is 0 Å². The number of hydrogen-bond acceptors (Lipinski definition) is 7. The van der Waals surface area contributed by atoms with E-state index in [-0.39, 0.29) is 0 Å². The molecule has 0 radical (unpaired) electrons. The maximum absolute atomic E-state index is 5.50. The van der Waals surface area contributed by atoms with E-state index < -0.39 is 0 Å². The molecule has 0 amide bonds. The van der Waals surface area contributed by atoms with Gasteiger partial charge in [0, 0.05) is 31.7 Å². The van der Waals surface area contributed by atoms with Gasteiger partial charge in [-0.05, 0) is 33.5 Å². The smallest absolute Gasteiger partial charge is 0.137 e. The fourth-order valence-electron chi connectivity index (χ4n) is 3.29. The van der Waals surface area contributed by atoms with Crippen molar-refractivity contribution in [1.29, 1.82) is 0 Å². The molecule has 24 heavy (non-hydrogen) atoms. The standard InChI is InChI=1S/C17H29N5O2/c1-20(2)5-3-4-15-16(21-6-10-23-11-7-21)18-14-19-17(15)22-8-12-24-13-9-22/h14H,3-13H2,1-2H3. The summed E-state index contributed by atoms with van der Waals surface area (Å²) in [7, 11) is 4.24. The monoisotopic (exact) mass is 335 g/mol. The molecule has 0 unspecified atom stereocenters. The zero-order valence-electron chi connectivity index (χ0n) is 14.9. The highest BCUT2D eigenvalue weighted by molar-refractivity contribution is 5.60. The van der Waals surface area contributed by atoms with Gasteiger partial charge in [-0.3, -0.25) is 0 Å². The van der Waals surface area contributed by atoms with Crippen LogP contribution in [0.25, 0.3) is 0 Å². The average Bonchev–Trinajstić information content (AvgIpc) is 2.63. The third-order valence-corrected chi connectivity index (χ3v) is 4.55. The van der Waals surface area contributed by atoms with Crippen molar-refractivity contribution in [3.63, 3.8) is 0 Å². The molecule has 7 heteroatoms. The number of anilines is 2. The highest BCUT2D eigenvalue weighted by Crippen LogP contribution is 2.28. The van der Waals surface area contributed by atoms with Crippen molar-refractivity contribution in [3.8, 4) is 0 Å². The van der Waals surface area contributed by atoms with Crippen molar-refractivity contribution in [2.45, 2.75) is 12.8 Å². The molecule has 134 valence electrons. The minimum absolute atomic E-state index is 0.772. The number of ether oxygens (including phenoxy) is 2. The Morgan fingerprint density at radius 1 is 0.917 bits per heavy atom. The van der Waals surface area contributed by atoms with Crippen LogP contribution in [0.2, 0.25) is 0 Å². The molecule has 2 aliphatic heterocycles. The van der Waals surface area contributed by atoms with E-state index in [0.717, 1.165) is 83.6 Å². The number of aromatic nitrogens is 2. The van der Waals surface area contributed by atoms with Crippen molar-refractivity contribution in [2.24, 2.45) is 0 Å². The summed E-state index contributed by atoms with van der Waals surface area (Å²) in [6.07, 6.45) is 3.82. The second kappa shape index (κ2) is 8.60. The van der Waals surface area contributed by atoms with Crippen LogP contribution in [0.3, 0.4) is 0 Å². The SMILES string of the molecule is CN(C)CCCc1c(N2CCOCC2)ncnc1N1CCOCC1. The lowest BCUT2D eigenvalue weighted by Gasteiger charge is -2.33. The molecule has 7 nitrogen and oxygen atoms in total. The summed E-state index contributed by atoms with van der Waals surface area (Å²) in [5.74, 6) is 2.18. The molecular formula is C17H29N5O2. The van der Waals surface area contributed by atoms with E-state index in [0.29, 0.717) is 0 Å². The first kappa shape index (κ1) is 17.4. The lowest BCUT2D eigenvalue weighted by molar-refractivity contribution is 0.121. The van der Waals surface area contributed by atoms with Crippen molar-refractivity contribution in [2.75, 3.05) is 83.0 Å². The summed E-state index contributed by atoms with van der Waals surface area (Å²) < 4.78 is 11.0. The van der Waals surface area contributed by atoms with Crippen molar-refractivity contribution >= 4 is 11.6 Å². The van der Waals surface area contributed by atoms with E-state index in [1.165, 1.54) is 5.56 Å². The van der Waals surface area contributed by atoms with Crippen LogP contribution < -0.4 is 9.80 Å². The minimum atomic E-state index is 0.772. The van der Waals surface area contributed by atoms with Crippen LogP contribution in [0.1, 0.15) is 12.0 Å². The van der Waals surface area contributed by atoms with Crippen molar-refractivity contribution < 1.29 is 9.47 Å². The van der Waals surface area contributed by atoms with Gasteiger partial charge in [0.05, 0.1) is 26.4 Å². The predicted molar refractivity (Wildman–Crippen MR) is 95.0 cm³/mol. The fraction of sp³-hybridized carbons (Fsp3) is 0.765. The van der Waals surface area contributed by atoms with Gasteiger partial charge in [0.1, 0.15) is 18.0 Å². The summed E-state index contributed by atoms with van der Waals surface area (Å²) in [4.78, 5) is 16.2. The van der Waals surface area contributed by atoms with E-state index in [1.54, 1.807) is 6.33 Å². The van der Waals surface area contributed by atoms with Gasteiger partial charge in [-0.25, -0.2) is 9.97 Å². The van der Waals surface area contributed by atoms with Crippen LogP contribution in [0, 0.1) is 0 Å². The molecule has 0 N–H and O–H groups in total. The topological polar surface area (TPSA) is 54.0 Å². The summed E-state index contributed by atoms with van der Waals surface area (Å²) in [5.41, 5.74) is 1.28. The Balaban J connectivity index is 1.85. The summed E-state index contributed by atoms with van der Waals surface area (Å²) in [6.45, 7) is 7.77. The van der Waals surface area contributed by atoms with Crippen LogP contribution in [0.4, 0.5) is 11.6 Å². The zero-order valence-corrected chi connectivity index (χ0v) is 14.9. The first-order valence-corrected chi connectivity index (χ1v) is 8.89. The van der Waals surface area contributed by atoms with Crippen LogP contribution in [-0.4, -0.2) is 88.1 Å². The molecule has 1 aromatic heterocycles. The number of morpholine rings is 2. The Morgan fingerprint density at radius 2 is 1.42 bits per heavy atom. The van der Waals surface area contributed by atoms with Gasteiger partial charge in [0.25, 0.3) is 0 Å². The maximum Gasteiger partial charge on any atom is 0.137 e. The first-order chi connectivity index (χ1) is 11.8. The van der Waals surface area contributed by atoms with E-state index in [9.17, 15) is 0 Å². The van der Waals surface area contributed by atoms with Gasteiger partial charge in [-0.2, -0.15) is 0 Å². The van der Waals surface area contributed by atoms with E-state index in [4.69, 9.17) is 9.47 Å². The van der Waals surface area contributed by atoms with Crippen LogP contribution >= 0.6 is 0 Å². The van der Waals surface area contributed by atoms with Gasteiger partial charge in [-0.15, -0.1) is 0 Å². The third-order valence-electron chi connectivity index (χ3n) is 4.55. The Morgan fingerprint density at radius 3 is 1.88 bits per heavy atom. The zero-order chi connectivity index (χ0) is 16.8. The highest BCUT2D eigenvalue weighted by Gasteiger charge is 2.23. The normalized spacial score (nSPS) is 19.1. The Kier molecular flexibility index (Phi) is 6.23. The second-order valence-corrected chi connectivity index (χ2v) is 6.61. The molecule has 0 atom stereocenters. The summed E-state index contributed by atoms with van der Waals surface area (Å²) in [5, 5.41) is 0. The molecule has 2 fully saturated rings. The Labute approximate surface area is 144 Å². The van der Waals surface area contributed by atoms with Gasteiger partial charge < -0.3 is 24.2 Å². The Hall–Kier alpha value is -1.44. The fourth-order valence-corrected chi connectivity index (χ4v) is 3.29. The molecule has 2 saturated heterocycles. The number of nitrogens with zero attached hydrogens (tertiary/aromatic N) is 5. The molecule has 0 spiro atoms. The van der Waals surface area contributed by atoms with Crippen molar-refractivity contribution in [3.05, 3.63) is 11.9 Å². The van der Waals surface area contributed by atoms with Gasteiger partial charge in [-0.1, -0.05) is 0 Å². The van der Waals surface area contributed by atoms with Crippen LogP contribution in [0.5, 0.6) is 0 Å². The van der Waals surface area contributed by atoms with Crippen molar-refractivity contribution in [1.82, 2.24) is 14.9 Å². The third kappa shape index (κ3) is 4.34. The van der Waals surface area contributed by atoms with E-state index in [1.807, 2.05) is 0 Å². The van der Waals surface area contributed by atoms with Gasteiger partial charge in [0.2, 0.25) is 0 Å². The Bertz CT molecular complexity index is 477. The second-order valence-electron chi connectivity index (χ2n) is 6.61. The predicted octanol–water partition coefficient (Wildman–Crippen LogP) is 0.644. The molecule has 1 aromatic rings. The van der Waals surface area contributed by atoms with Gasteiger partial charge in [0.15, 0.2) is 0 Å².